The van der Waals surface area contributed by atoms with Crippen LogP contribution < -0.4 is 5.32 Å². The summed E-state index contributed by atoms with van der Waals surface area (Å²) in [5.41, 5.74) is -0.933. The summed E-state index contributed by atoms with van der Waals surface area (Å²) >= 11 is 0. The number of nitrogens with one attached hydrogen (secondary N) is 1. The van der Waals surface area contributed by atoms with Crippen molar-refractivity contribution in [3.05, 3.63) is 38.0 Å². The minimum absolute atomic E-state index is 0.168. The summed E-state index contributed by atoms with van der Waals surface area (Å²) in [6.45, 7) is 6.31. The van der Waals surface area contributed by atoms with E-state index in [9.17, 15) is 57.5 Å². The molecule has 1 amide bonds. The molecule has 0 saturated heterocycles. The van der Waals surface area contributed by atoms with E-state index < -0.39 is 98.6 Å². The molecule has 1 aliphatic rings. The third kappa shape index (κ3) is 12.2. The number of alkyl halides is 12. The first-order valence-corrected chi connectivity index (χ1v) is 12.8. The van der Waals surface area contributed by atoms with Crippen molar-refractivity contribution >= 4 is 5.91 Å². The van der Waals surface area contributed by atoms with Gasteiger partial charge in [0.15, 0.2) is 6.10 Å². The van der Waals surface area contributed by atoms with E-state index in [4.69, 9.17) is 0 Å². The van der Waals surface area contributed by atoms with Gasteiger partial charge in [-0.3, -0.25) is 4.79 Å². The zero-order valence-corrected chi connectivity index (χ0v) is 23.4. The minimum atomic E-state index is -5.23. The molecular weight excluding hydrogens is 634 g/mol. The van der Waals surface area contributed by atoms with Gasteiger partial charge in [0.25, 0.3) is 17.8 Å². The molecule has 1 rings (SSSR count). The van der Waals surface area contributed by atoms with Gasteiger partial charge in [0.05, 0.1) is 0 Å². The lowest BCUT2D eigenvalue weighted by Gasteiger charge is -2.45. The average Bonchev–Trinajstić information content (AvgIpc) is 2.84. The fourth-order valence-electron chi connectivity index (χ4n) is 4.21. The first kappa shape index (κ1) is 39.7. The molecule has 44 heavy (non-hydrogen) atoms. The van der Waals surface area contributed by atoms with Gasteiger partial charge >= 0.3 is 24.2 Å². The Hall–Kier alpha value is -2.31. The molecule has 256 valence electrons. The molecule has 1 N–H and O–H groups in total. The third-order valence-electron chi connectivity index (χ3n) is 6.31. The Labute approximate surface area is 245 Å². The number of methoxy groups -OCH3 is 1. The van der Waals surface area contributed by atoms with Gasteiger partial charge in [-0.05, 0) is 24.7 Å². The Kier molecular flexibility index (Phi) is 13.4. The zero-order valence-electron chi connectivity index (χ0n) is 23.4. The molecule has 0 spiro atoms. The van der Waals surface area contributed by atoms with E-state index in [2.05, 4.69) is 38.7 Å². The van der Waals surface area contributed by atoms with Gasteiger partial charge in [0.2, 0.25) is 0 Å². The lowest BCUT2D eigenvalue weighted by molar-refractivity contribution is -0.400. The summed E-state index contributed by atoms with van der Waals surface area (Å²) in [4.78, 5) is 12.1. The number of amides is 1. The van der Waals surface area contributed by atoms with E-state index in [1.54, 1.807) is 5.32 Å². The Balaban J connectivity index is 2.89. The van der Waals surface area contributed by atoms with E-state index >= 15 is 0 Å². The number of rotatable bonds is 22. The topological polar surface area (TPSA) is 66.0 Å². The van der Waals surface area contributed by atoms with Crippen LogP contribution in [0, 0.1) is 5.41 Å². The van der Waals surface area contributed by atoms with Crippen LogP contribution >= 0.6 is 0 Å². The summed E-state index contributed by atoms with van der Waals surface area (Å²) in [5.74, 6) is -16.1. The van der Waals surface area contributed by atoms with Crippen LogP contribution in [0.15, 0.2) is 38.0 Å². The lowest BCUT2D eigenvalue weighted by atomic mass is 9.78. The summed E-state index contributed by atoms with van der Waals surface area (Å²) < 4.78 is 182. The second-order valence-corrected chi connectivity index (χ2v) is 10.3. The second kappa shape index (κ2) is 14.9. The summed E-state index contributed by atoms with van der Waals surface area (Å²) in [5, 5.41) is 1.80. The average molecular weight is 668 g/mol. The normalized spacial score (nSPS) is 19.7. The molecule has 0 aromatic heterocycles. The molecule has 0 aromatic rings. The van der Waals surface area contributed by atoms with Gasteiger partial charge in [-0.15, -0.1) is 19.7 Å². The van der Waals surface area contributed by atoms with Crippen LogP contribution in [0.4, 0.5) is 52.7 Å². The highest BCUT2D eigenvalue weighted by molar-refractivity contribution is 5.83. The molecule has 0 radical (unpaired) electrons. The third-order valence-corrected chi connectivity index (χ3v) is 6.31. The van der Waals surface area contributed by atoms with Crippen molar-refractivity contribution in [2.24, 2.45) is 5.41 Å². The van der Waals surface area contributed by atoms with Crippen molar-refractivity contribution in [3.8, 4) is 0 Å². The van der Waals surface area contributed by atoms with Crippen molar-refractivity contribution in [1.29, 1.82) is 0 Å². The summed E-state index contributed by atoms with van der Waals surface area (Å²) in [7, 11) is 0.501. The largest absolute Gasteiger partial charge is 0.378 e. The van der Waals surface area contributed by atoms with Gasteiger partial charge in [0, 0.05) is 20.1 Å². The number of halogens is 12. The van der Waals surface area contributed by atoms with E-state index in [0.717, 1.165) is 0 Å². The Morgan fingerprint density at radius 1 is 0.818 bits per heavy atom. The lowest BCUT2D eigenvalue weighted by Crippen LogP contribution is -2.62. The molecule has 1 saturated carbocycles. The van der Waals surface area contributed by atoms with Crippen molar-refractivity contribution in [2.75, 3.05) is 26.9 Å². The predicted octanol–water partition coefficient (Wildman–Crippen LogP) is 7.12. The highest BCUT2D eigenvalue weighted by Gasteiger charge is 2.65. The monoisotopic (exact) mass is 667 g/mol. The molecule has 0 aliphatic heterocycles. The maximum Gasteiger partial charge on any atom is 0.378 e. The van der Waals surface area contributed by atoms with Crippen LogP contribution in [0.3, 0.4) is 0 Å². The summed E-state index contributed by atoms with van der Waals surface area (Å²) in [6, 6.07) is 0. The number of ether oxygens (including phenoxy) is 4. The van der Waals surface area contributed by atoms with Crippen molar-refractivity contribution < 1.29 is 76.4 Å². The predicted molar refractivity (Wildman–Crippen MR) is 131 cm³/mol. The number of allylic oxidation sites excluding steroid dienone is 3. The fraction of sp³-hybridized carbons (Fsp3) is 0.731. The van der Waals surface area contributed by atoms with Gasteiger partial charge in [-0.2, -0.15) is 35.1 Å². The van der Waals surface area contributed by atoms with Gasteiger partial charge in [-0.25, -0.2) is 17.6 Å². The van der Waals surface area contributed by atoms with E-state index in [0.29, 0.717) is 7.11 Å². The Morgan fingerprint density at radius 3 is 1.77 bits per heavy atom. The van der Waals surface area contributed by atoms with Gasteiger partial charge in [0.1, 0.15) is 32.2 Å². The molecule has 6 nitrogen and oxygen atoms in total. The van der Waals surface area contributed by atoms with Crippen LogP contribution in [0.1, 0.15) is 38.5 Å². The molecule has 0 bridgehead atoms. The molecule has 0 aromatic carbocycles. The number of carbonyl (C=O) groups excluding carboxylic acids is 1. The molecule has 1 aliphatic carbocycles. The fourth-order valence-corrected chi connectivity index (χ4v) is 4.21. The zero-order chi connectivity index (χ0) is 34.3. The van der Waals surface area contributed by atoms with Crippen LogP contribution in [-0.4, -0.2) is 81.1 Å². The van der Waals surface area contributed by atoms with Gasteiger partial charge < -0.3 is 24.3 Å². The molecule has 1 fully saturated rings. The minimum Gasteiger partial charge on any atom is -0.366 e. The smallest absolute Gasteiger partial charge is 0.366 e. The number of carbonyl (C=O) groups is 1. The van der Waals surface area contributed by atoms with Crippen LogP contribution in [0.25, 0.3) is 0 Å². The quantitative estimate of drug-likeness (QED) is 0.0985. The van der Waals surface area contributed by atoms with E-state index in [1.807, 2.05) is 0 Å². The summed E-state index contributed by atoms with van der Waals surface area (Å²) in [6.07, 6.45) is -22.7. The molecule has 2 unspecified atom stereocenters. The maximum atomic E-state index is 14.4. The molecule has 2 atom stereocenters. The van der Waals surface area contributed by atoms with E-state index in [1.165, 1.54) is 18.2 Å². The first-order valence-electron chi connectivity index (χ1n) is 12.8. The first-order chi connectivity index (χ1) is 19.9. The Bertz CT molecular complexity index is 966. The van der Waals surface area contributed by atoms with Crippen LogP contribution in [0.2, 0.25) is 0 Å². The highest BCUT2D eigenvalue weighted by Crippen LogP contribution is 2.48. The van der Waals surface area contributed by atoms with Crippen molar-refractivity contribution in [2.45, 2.75) is 86.8 Å². The highest BCUT2D eigenvalue weighted by atomic mass is 19.3. The van der Waals surface area contributed by atoms with Crippen LogP contribution in [-0.2, 0) is 23.7 Å². The SMILES string of the molecule is C=CCC(CC=C)(CC=C)CNC(=O)C(F)(F)CC(F)(F)OC1C(OC(F)(F)CC(F)(F)COCC(F)(F)OC)CC1(F)F. The Morgan fingerprint density at radius 2 is 1.32 bits per heavy atom. The van der Waals surface area contributed by atoms with Crippen molar-refractivity contribution in [1.82, 2.24) is 5.32 Å². The molecule has 0 heterocycles. The van der Waals surface area contributed by atoms with Crippen LogP contribution in [0.5, 0.6) is 0 Å². The van der Waals surface area contributed by atoms with Gasteiger partial charge in [-0.1, -0.05) is 18.2 Å². The maximum absolute atomic E-state index is 14.4. The standard InChI is InChI=1S/C26H33F12NO5/c1-5-8-20(9-6-2,10-7-3)14-39-19(40)23(31,32)13-25(35,36)44-18-17(11-22(18,29)30)43-24(33,34)12-21(27,28)15-42-16-26(37,38)41-4/h5-7,17-18H,1-3,8-16H2,4H3,(H,39,40). The number of hydrogen-bond donors (Lipinski definition) is 1. The molecular formula is C26H33F12NO5. The van der Waals surface area contributed by atoms with E-state index in [-0.39, 0.29) is 19.3 Å². The van der Waals surface area contributed by atoms with Crippen molar-refractivity contribution in [3.63, 3.8) is 0 Å². The molecule has 18 heteroatoms. The number of hydrogen-bond acceptors (Lipinski definition) is 5. The second-order valence-electron chi connectivity index (χ2n) is 10.3.